The summed E-state index contributed by atoms with van der Waals surface area (Å²) in [5.41, 5.74) is 0.146. The Morgan fingerprint density at radius 2 is 2.00 bits per heavy atom. The van der Waals surface area contributed by atoms with Gasteiger partial charge in [0.05, 0.1) is 28.0 Å². The predicted octanol–water partition coefficient (Wildman–Crippen LogP) is 3.86. The summed E-state index contributed by atoms with van der Waals surface area (Å²) >= 11 is 1.96. The van der Waals surface area contributed by atoms with Crippen LogP contribution in [0.1, 0.15) is 19.3 Å². The summed E-state index contributed by atoms with van der Waals surface area (Å²) in [6.45, 7) is -0.269. The standard InChI is InChI=1S/C19H19F2IN4O3S/c1-26-10-23-18-15(26)9-14(25-30(28,29)19(4-5-19)6-7-27)17(16(18)21)24-13-3-2-11(22)8-12(13)20/h2-3,8-10,24-25,27H,4-7H2,1H3. The van der Waals surface area contributed by atoms with Crippen LogP contribution in [0.3, 0.4) is 0 Å². The summed E-state index contributed by atoms with van der Waals surface area (Å²) in [6, 6.07) is 5.84. The van der Waals surface area contributed by atoms with Crippen molar-refractivity contribution < 1.29 is 22.3 Å². The summed E-state index contributed by atoms with van der Waals surface area (Å²) in [5.74, 6) is -1.40. The second kappa shape index (κ2) is 7.61. The summed E-state index contributed by atoms with van der Waals surface area (Å²) < 4.78 is 59.3. The summed E-state index contributed by atoms with van der Waals surface area (Å²) in [6.07, 6.45) is 2.32. The summed E-state index contributed by atoms with van der Waals surface area (Å²) in [7, 11) is -2.26. The van der Waals surface area contributed by atoms with E-state index >= 15 is 4.39 Å². The van der Waals surface area contributed by atoms with Crippen LogP contribution in [-0.4, -0.2) is 34.4 Å². The number of aliphatic hydroxyl groups is 1. The van der Waals surface area contributed by atoms with Crippen molar-refractivity contribution in [3.63, 3.8) is 0 Å². The molecule has 0 aliphatic heterocycles. The molecular formula is C19H19F2IN4O3S. The molecule has 0 amide bonds. The number of halogens is 3. The number of aromatic nitrogens is 2. The first-order valence-electron chi connectivity index (χ1n) is 9.16. The Bertz CT molecular complexity index is 1240. The van der Waals surface area contributed by atoms with Crippen molar-refractivity contribution in [3.8, 4) is 0 Å². The fraction of sp³-hybridized carbons (Fsp3) is 0.316. The molecule has 2 aromatic carbocycles. The Hall–Kier alpha value is -1.99. The third kappa shape index (κ3) is 3.62. The molecule has 1 aliphatic rings. The van der Waals surface area contributed by atoms with Crippen molar-refractivity contribution in [3.05, 3.63) is 45.8 Å². The molecule has 7 nitrogen and oxygen atoms in total. The lowest BCUT2D eigenvalue weighted by Crippen LogP contribution is -2.31. The number of nitrogens with one attached hydrogen (secondary N) is 2. The third-order valence-corrected chi connectivity index (χ3v) is 8.25. The zero-order valence-electron chi connectivity index (χ0n) is 15.9. The van der Waals surface area contributed by atoms with Crippen molar-refractivity contribution in [2.45, 2.75) is 24.0 Å². The van der Waals surface area contributed by atoms with E-state index in [1.807, 2.05) is 22.6 Å². The van der Waals surface area contributed by atoms with Gasteiger partial charge in [-0.2, -0.15) is 0 Å². The lowest BCUT2D eigenvalue weighted by Gasteiger charge is -2.20. The van der Waals surface area contributed by atoms with E-state index in [1.54, 1.807) is 17.7 Å². The van der Waals surface area contributed by atoms with Gasteiger partial charge in [-0.05, 0) is 66.1 Å². The Balaban J connectivity index is 1.83. The molecule has 11 heteroatoms. The molecule has 0 bridgehead atoms. The van der Waals surface area contributed by atoms with Crippen LogP contribution >= 0.6 is 22.6 Å². The Labute approximate surface area is 185 Å². The number of aryl methyl sites for hydroxylation is 1. The average Bonchev–Trinajstić information content (AvgIpc) is 3.38. The molecule has 1 heterocycles. The molecule has 1 aromatic heterocycles. The molecule has 4 rings (SSSR count). The van der Waals surface area contributed by atoms with Gasteiger partial charge in [0, 0.05) is 17.2 Å². The van der Waals surface area contributed by atoms with Crippen LogP contribution < -0.4 is 10.0 Å². The quantitative estimate of drug-likeness (QED) is 0.390. The van der Waals surface area contributed by atoms with E-state index < -0.39 is 26.4 Å². The van der Waals surface area contributed by atoms with E-state index in [0.29, 0.717) is 21.9 Å². The molecule has 30 heavy (non-hydrogen) atoms. The monoisotopic (exact) mass is 548 g/mol. The smallest absolute Gasteiger partial charge is 0.238 e. The van der Waals surface area contributed by atoms with E-state index in [1.165, 1.54) is 24.5 Å². The SMILES string of the molecule is Cn1cnc2c(F)c(Nc3ccc(I)cc3F)c(NS(=O)(=O)C3(CCO)CC3)cc21. The minimum Gasteiger partial charge on any atom is -0.396 e. The molecule has 3 aromatic rings. The first-order chi connectivity index (χ1) is 14.2. The number of imidazole rings is 1. The van der Waals surface area contributed by atoms with Crippen molar-refractivity contribution in [1.29, 1.82) is 0 Å². The maximum atomic E-state index is 15.3. The zero-order chi connectivity index (χ0) is 21.7. The van der Waals surface area contributed by atoms with Gasteiger partial charge >= 0.3 is 0 Å². The molecular weight excluding hydrogens is 529 g/mol. The molecule has 1 saturated carbocycles. The van der Waals surface area contributed by atoms with E-state index in [-0.39, 0.29) is 35.6 Å². The van der Waals surface area contributed by atoms with Crippen molar-refractivity contribution >= 4 is 60.7 Å². The zero-order valence-corrected chi connectivity index (χ0v) is 18.9. The highest BCUT2D eigenvalue weighted by atomic mass is 127. The molecule has 1 aliphatic carbocycles. The minimum absolute atomic E-state index is 0.00142. The van der Waals surface area contributed by atoms with Gasteiger partial charge in [-0.25, -0.2) is 22.2 Å². The number of rotatable bonds is 7. The van der Waals surface area contributed by atoms with E-state index in [2.05, 4.69) is 15.0 Å². The molecule has 0 unspecified atom stereocenters. The Morgan fingerprint density at radius 3 is 2.63 bits per heavy atom. The number of anilines is 3. The Kier molecular flexibility index (Phi) is 5.39. The molecule has 0 spiro atoms. The summed E-state index contributed by atoms with van der Waals surface area (Å²) in [4.78, 5) is 4.03. The van der Waals surface area contributed by atoms with Gasteiger partial charge < -0.3 is 15.0 Å². The van der Waals surface area contributed by atoms with Crippen molar-refractivity contribution in [2.75, 3.05) is 16.6 Å². The van der Waals surface area contributed by atoms with E-state index in [0.717, 1.165) is 0 Å². The highest BCUT2D eigenvalue weighted by Crippen LogP contribution is 2.48. The maximum Gasteiger partial charge on any atom is 0.238 e. The second-order valence-electron chi connectivity index (χ2n) is 7.35. The predicted molar refractivity (Wildman–Crippen MR) is 119 cm³/mol. The number of hydrogen-bond acceptors (Lipinski definition) is 5. The topological polar surface area (TPSA) is 96.3 Å². The molecule has 3 N–H and O–H groups in total. The molecule has 160 valence electrons. The van der Waals surface area contributed by atoms with Crippen LogP contribution in [0.25, 0.3) is 11.0 Å². The molecule has 1 fully saturated rings. The van der Waals surface area contributed by atoms with Crippen LogP contribution in [0.4, 0.5) is 25.8 Å². The van der Waals surface area contributed by atoms with Gasteiger partial charge in [0.15, 0.2) is 5.82 Å². The number of sulfonamides is 1. The van der Waals surface area contributed by atoms with Crippen LogP contribution in [0.2, 0.25) is 0 Å². The maximum absolute atomic E-state index is 15.3. The highest BCUT2D eigenvalue weighted by molar-refractivity contribution is 14.1. The molecule has 0 radical (unpaired) electrons. The molecule has 0 saturated heterocycles. The van der Waals surface area contributed by atoms with Gasteiger partial charge in [-0.1, -0.05) is 0 Å². The Morgan fingerprint density at radius 1 is 1.27 bits per heavy atom. The average molecular weight is 548 g/mol. The van der Waals surface area contributed by atoms with Gasteiger partial charge in [-0.3, -0.25) is 4.72 Å². The van der Waals surface area contributed by atoms with Crippen LogP contribution in [0.15, 0.2) is 30.6 Å². The first kappa shape index (κ1) is 21.2. The van der Waals surface area contributed by atoms with Crippen molar-refractivity contribution in [2.24, 2.45) is 7.05 Å². The third-order valence-electron chi connectivity index (χ3n) is 5.34. The number of benzene rings is 2. The van der Waals surface area contributed by atoms with Crippen LogP contribution in [0.5, 0.6) is 0 Å². The second-order valence-corrected chi connectivity index (χ2v) is 10.7. The van der Waals surface area contributed by atoms with Crippen molar-refractivity contribution in [1.82, 2.24) is 9.55 Å². The van der Waals surface area contributed by atoms with Crippen LogP contribution in [0, 0.1) is 15.2 Å². The number of hydrogen-bond donors (Lipinski definition) is 3. The fourth-order valence-corrected chi connectivity index (χ4v) is 5.52. The lowest BCUT2D eigenvalue weighted by molar-refractivity contribution is 0.283. The fourth-order valence-electron chi connectivity index (χ4n) is 3.40. The van der Waals surface area contributed by atoms with Gasteiger partial charge in [0.2, 0.25) is 10.0 Å². The first-order valence-corrected chi connectivity index (χ1v) is 11.7. The van der Waals surface area contributed by atoms with E-state index in [4.69, 9.17) is 0 Å². The normalized spacial score (nSPS) is 15.4. The van der Waals surface area contributed by atoms with E-state index in [9.17, 15) is 17.9 Å². The van der Waals surface area contributed by atoms with Gasteiger partial charge in [0.1, 0.15) is 17.0 Å². The van der Waals surface area contributed by atoms with Gasteiger partial charge in [0.25, 0.3) is 0 Å². The lowest BCUT2D eigenvalue weighted by atomic mass is 10.2. The summed E-state index contributed by atoms with van der Waals surface area (Å²) in [5, 5.41) is 11.9. The number of aliphatic hydroxyl groups excluding tert-OH is 1. The minimum atomic E-state index is -3.92. The van der Waals surface area contributed by atoms with Gasteiger partial charge in [-0.15, -0.1) is 0 Å². The number of nitrogens with zero attached hydrogens (tertiary/aromatic N) is 2. The highest BCUT2D eigenvalue weighted by Gasteiger charge is 2.54. The largest absolute Gasteiger partial charge is 0.396 e. The van der Waals surface area contributed by atoms with Crippen LogP contribution in [-0.2, 0) is 17.1 Å². The molecule has 0 atom stereocenters. The number of fused-ring (bicyclic) bond motifs is 1.